The van der Waals surface area contributed by atoms with Crippen molar-refractivity contribution in [3.05, 3.63) is 59.7 Å². The predicted octanol–water partition coefficient (Wildman–Crippen LogP) is 3.82. The summed E-state index contributed by atoms with van der Waals surface area (Å²) in [6, 6.07) is 13.3. The standard InChI is InChI=1S/C23H25NO6/c1-3-14-29-18-10-8-17(9-11-18)21(26)12-13-23(28)30-15-22(27)24-20-7-5-4-6-19(20)16(2)25/h4-11H,3,12-15H2,1-2H3,(H,24,27). The van der Waals surface area contributed by atoms with E-state index < -0.39 is 18.5 Å². The van der Waals surface area contributed by atoms with Crippen molar-refractivity contribution >= 4 is 29.1 Å². The second-order valence-electron chi connectivity index (χ2n) is 6.61. The Bertz CT molecular complexity index is 904. The number of esters is 1. The number of anilines is 1. The number of nitrogens with one attached hydrogen (secondary N) is 1. The molecular weight excluding hydrogens is 386 g/mol. The fourth-order valence-corrected chi connectivity index (χ4v) is 2.62. The van der Waals surface area contributed by atoms with Crippen LogP contribution in [0.1, 0.15) is 53.8 Å². The average Bonchev–Trinajstić information content (AvgIpc) is 2.75. The van der Waals surface area contributed by atoms with E-state index >= 15 is 0 Å². The van der Waals surface area contributed by atoms with Crippen LogP contribution in [0.25, 0.3) is 0 Å². The lowest BCUT2D eigenvalue weighted by Gasteiger charge is -2.09. The molecule has 2 aromatic carbocycles. The van der Waals surface area contributed by atoms with Crippen molar-refractivity contribution in [2.24, 2.45) is 0 Å². The van der Waals surface area contributed by atoms with Crippen molar-refractivity contribution < 1.29 is 28.7 Å². The Labute approximate surface area is 175 Å². The molecule has 0 saturated carbocycles. The first-order chi connectivity index (χ1) is 14.4. The first-order valence-corrected chi connectivity index (χ1v) is 9.72. The lowest BCUT2D eigenvalue weighted by molar-refractivity contribution is -0.147. The molecular formula is C23H25NO6. The smallest absolute Gasteiger partial charge is 0.306 e. The zero-order valence-corrected chi connectivity index (χ0v) is 17.1. The highest BCUT2D eigenvalue weighted by Crippen LogP contribution is 2.16. The molecule has 30 heavy (non-hydrogen) atoms. The van der Waals surface area contributed by atoms with Crippen molar-refractivity contribution in [2.75, 3.05) is 18.5 Å². The van der Waals surface area contributed by atoms with Crippen molar-refractivity contribution in [3.63, 3.8) is 0 Å². The van der Waals surface area contributed by atoms with Crippen LogP contribution in [0.2, 0.25) is 0 Å². The Kier molecular flexibility index (Phi) is 8.75. The molecule has 0 atom stereocenters. The second kappa shape index (κ2) is 11.5. The summed E-state index contributed by atoms with van der Waals surface area (Å²) in [7, 11) is 0. The molecule has 7 nitrogen and oxygen atoms in total. The second-order valence-corrected chi connectivity index (χ2v) is 6.61. The van der Waals surface area contributed by atoms with Crippen molar-refractivity contribution in [1.29, 1.82) is 0 Å². The number of benzene rings is 2. The van der Waals surface area contributed by atoms with Crippen LogP contribution in [0, 0.1) is 0 Å². The van der Waals surface area contributed by atoms with Crippen LogP contribution in [0.15, 0.2) is 48.5 Å². The molecule has 2 aromatic rings. The summed E-state index contributed by atoms with van der Waals surface area (Å²) >= 11 is 0. The monoisotopic (exact) mass is 411 g/mol. The summed E-state index contributed by atoms with van der Waals surface area (Å²) in [5.74, 6) is -0.919. The maximum Gasteiger partial charge on any atom is 0.306 e. The third kappa shape index (κ3) is 7.16. The Balaban J connectivity index is 1.76. The van der Waals surface area contributed by atoms with E-state index in [9.17, 15) is 19.2 Å². The number of para-hydroxylation sites is 1. The summed E-state index contributed by atoms with van der Waals surface area (Å²) in [5.41, 5.74) is 1.20. The molecule has 0 heterocycles. The minimum atomic E-state index is -0.652. The molecule has 0 aromatic heterocycles. The van der Waals surface area contributed by atoms with Crippen LogP contribution in [0.4, 0.5) is 5.69 Å². The first kappa shape index (κ1) is 22.8. The van der Waals surface area contributed by atoms with Gasteiger partial charge in [-0.3, -0.25) is 19.2 Å². The number of hydrogen-bond acceptors (Lipinski definition) is 6. The lowest BCUT2D eigenvalue weighted by Crippen LogP contribution is -2.22. The molecule has 0 aliphatic rings. The molecule has 0 radical (unpaired) electrons. The Morgan fingerprint density at radius 2 is 1.63 bits per heavy atom. The van der Waals surface area contributed by atoms with Gasteiger partial charge in [0.15, 0.2) is 18.2 Å². The average molecular weight is 411 g/mol. The van der Waals surface area contributed by atoms with Gasteiger partial charge in [0.1, 0.15) is 5.75 Å². The molecule has 0 unspecified atom stereocenters. The van der Waals surface area contributed by atoms with Crippen LogP contribution in [-0.4, -0.2) is 36.7 Å². The van der Waals surface area contributed by atoms with Gasteiger partial charge in [-0.2, -0.15) is 0 Å². The van der Waals surface area contributed by atoms with Crippen LogP contribution >= 0.6 is 0 Å². The number of Topliss-reactive ketones (excluding diaryl/α,β-unsaturated/α-hetero) is 2. The molecule has 7 heteroatoms. The van der Waals surface area contributed by atoms with E-state index in [2.05, 4.69) is 5.32 Å². The third-order valence-corrected chi connectivity index (χ3v) is 4.15. The van der Waals surface area contributed by atoms with Gasteiger partial charge in [0, 0.05) is 17.5 Å². The van der Waals surface area contributed by atoms with Gasteiger partial charge in [0.05, 0.1) is 18.7 Å². The van der Waals surface area contributed by atoms with Crippen molar-refractivity contribution in [3.8, 4) is 5.75 Å². The van der Waals surface area contributed by atoms with Gasteiger partial charge < -0.3 is 14.8 Å². The van der Waals surface area contributed by atoms with Crippen molar-refractivity contribution in [1.82, 2.24) is 0 Å². The number of rotatable bonds is 11. The minimum Gasteiger partial charge on any atom is -0.494 e. The largest absolute Gasteiger partial charge is 0.494 e. The van der Waals surface area contributed by atoms with Crippen LogP contribution in [0.3, 0.4) is 0 Å². The lowest BCUT2D eigenvalue weighted by atomic mass is 10.1. The zero-order valence-electron chi connectivity index (χ0n) is 17.1. The van der Waals surface area contributed by atoms with Crippen LogP contribution in [0.5, 0.6) is 5.75 Å². The summed E-state index contributed by atoms with van der Waals surface area (Å²) in [6.07, 6.45) is 0.733. The van der Waals surface area contributed by atoms with E-state index in [-0.39, 0.29) is 24.4 Å². The molecule has 0 bridgehead atoms. The van der Waals surface area contributed by atoms with Crippen LogP contribution < -0.4 is 10.1 Å². The zero-order chi connectivity index (χ0) is 21.9. The number of ketones is 2. The van der Waals surface area contributed by atoms with Crippen LogP contribution in [-0.2, 0) is 14.3 Å². The van der Waals surface area contributed by atoms with Gasteiger partial charge in [0.25, 0.3) is 5.91 Å². The highest BCUT2D eigenvalue weighted by Gasteiger charge is 2.14. The molecule has 0 fully saturated rings. The quantitative estimate of drug-likeness (QED) is 0.446. The van der Waals surface area contributed by atoms with Gasteiger partial charge >= 0.3 is 5.97 Å². The minimum absolute atomic E-state index is 0.0250. The predicted molar refractivity (Wildman–Crippen MR) is 112 cm³/mol. The summed E-state index contributed by atoms with van der Waals surface area (Å²) in [4.78, 5) is 47.6. The van der Waals surface area contributed by atoms with Gasteiger partial charge in [-0.25, -0.2) is 0 Å². The number of ether oxygens (including phenoxy) is 2. The maximum atomic E-state index is 12.2. The fraction of sp³-hybridized carbons (Fsp3) is 0.304. The van der Waals surface area contributed by atoms with Gasteiger partial charge in [-0.1, -0.05) is 19.1 Å². The summed E-state index contributed by atoms with van der Waals surface area (Å²) in [5, 5.41) is 2.54. The van der Waals surface area contributed by atoms with E-state index in [4.69, 9.17) is 9.47 Å². The van der Waals surface area contributed by atoms with E-state index in [0.717, 1.165) is 6.42 Å². The molecule has 0 aliphatic carbocycles. The number of hydrogen-bond donors (Lipinski definition) is 1. The first-order valence-electron chi connectivity index (χ1n) is 9.72. The third-order valence-electron chi connectivity index (χ3n) is 4.15. The Morgan fingerprint density at radius 1 is 0.933 bits per heavy atom. The SMILES string of the molecule is CCCOc1ccc(C(=O)CCC(=O)OCC(=O)Nc2ccccc2C(C)=O)cc1. The molecule has 0 saturated heterocycles. The molecule has 2 rings (SSSR count). The molecule has 0 aliphatic heterocycles. The highest BCUT2D eigenvalue weighted by atomic mass is 16.5. The molecule has 1 N–H and O–H groups in total. The van der Waals surface area contributed by atoms with Gasteiger partial charge in [-0.15, -0.1) is 0 Å². The van der Waals surface area contributed by atoms with Crippen molar-refractivity contribution in [2.45, 2.75) is 33.1 Å². The Hall–Kier alpha value is -3.48. The number of carbonyl (C=O) groups excluding carboxylic acids is 4. The summed E-state index contributed by atoms with van der Waals surface area (Å²) < 4.78 is 10.4. The Morgan fingerprint density at radius 3 is 2.30 bits per heavy atom. The molecule has 0 spiro atoms. The van der Waals surface area contributed by atoms with E-state index in [1.54, 1.807) is 48.5 Å². The summed E-state index contributed by atoms with van der Waals surface area (Å²) in [6.45, 7) is 3.51. The molecule has 1 amide bonds. The highest BCUT2D eigenvalue weighted by molar-refractivity contribution is 6.04. The van der Waals surface area contributed by atoms with E-state index in [0.29, 0.717) is 29.2 Å². The fourth-order valence-electron chi connectivity index (χ4n) is 2.62. The van der Waals surface area contributed by atoms with Gasteiger partial charge in [-0.05, 0) is 49.7 Å². The number of amides is 1. The topological polar surface area (TPSA) is 98.8 Å². The van der Waals surface area contributed by atoms with E-state index in [1.165, 1.54) is 6.92 Å². The number of carbonyl (C=O) groups is 4. The molecule has 158 valence electrons. The maximum absolute atomic E-state index is 12.2. The normalized spacial score (nSPS) is 10.2. The van der Waals surface area contributed by atoms with Gasteiger partial charge in [0.2, 0.25) is 0 Å². The van der Waals surface area contributed by atoms with E-state index in [1.807, 2.05) is 6.92 Å².